The van der Waals surface area contributed by atoms with Crippen molar-refractivity contribution in [3.8, 4) is 5.75 Å². The molecule has 0 unspecified atom stereocenters. The van der Waals surface area contributed by atoms with Gasteiger partial charge in [0.05, 0.1) is 18.5 Å². The van der Waals surface area contributed by atoms with E-state index in [1.807, 2.05) is 0 Å². The van der Waals surface area contributed by atoms with Crippen LogP contribution in [0.5, 0.6) is 5.75 Å². The van der Waals surface area contributed by atoms with Crippen LogP contribution in [0.25, 0.3) is 6.08 Å². The summed E-state index contributed by atoms with van der Waals surface area (Å²) in [6, 6.07) is 3.17. The van der Waals surface area contributed by atoms with Crippen molar-refractivity contribution in [2.45, 2.75) is 6.92 Å². The van der Waals surface area contributed by atoms with Crippen molar-refractivity contribution >= 4 is 18.0 Å². The number of carboxylic acids is 1. The number of carbonyl (C=O) groups is 2. The number of hydrogen-bond donors (Lipinski definition) is 1. The fourth-order valence-corrected chi connectivity index (χ4v) is 1.08. The van der Waals surface area contributed by atoms with Crippen LogP contribution in [-0.2, 0) is 14.3 Å². The standard InChI is InChI=1S/C12H13NO5/c1-2-17-12(16)8-18-10-5-3-9(13-7-10)4-6-11(14)15/h3-7H,2,8H2,1H3,(H,14,15). The number of rotatable bonds is 6. The highest BCUT2D eigenvalue weighted by atomic mass is 16.6. The first kappa shape index (κ1) is 13.7. The van der Waals surface area contributed by atoms with Gasteiger partial charge in [-0.3, -0.25) is 4.98 Å². The smallest absolute Gasteiger partial charge is 0.344 e. The van der Waals surface area contributed by atoms with Crippen LogP contribution in [0.2, 0.25) is 0 Å². The van der Waals surface area contributed by atoms with E-state index >= 15 is 0 Å². The van der Waals surface area contributed by atoms with Crippen LogP contribution >= 0.6 is 0 Å². The van der Waals surface area contributed by atoms with Crippen LogP contribution in [0, 0.1) is 0 Å². The molecule has 0 spiro atoms. The molecule has 0 aliphatic heterocycles. The molecule has 0 amide bonds. The molecule has 0 aliphatic rings. The third-order valence-corrected chi connectivity index (χ3v) is 1.82. The molecule has 0 aliphatic carbocycles. The van der Waals surface area contributed by atoms with E-state index in [0.717, 1.165) is 6.08 Å². The second kappa shape index (κ2) is 7.05. The predicted octanol–water partition coefficient (Wildman–Crippen LogP) is 1.12. The highest BCUT2D eigenvalue weighted by Crippen LogP contribution is 2.10. The van der Waals surface area contributed by atoms with Crippen LogP contribution in [-0.4, -0.2) is 35.2 Å². The topological polar surface area (TPSA) is 85.7 Å². The quantitative estimate of drug-likeness (QED) is 0.602. The predicted molar refractivity (Wildman–Crippen MR) is 63.0 cm³/mol. The maximum absolute atomic E-state index is 11.0. The van der Waals surface area contributed by atoms with Gasteiger partial charge in [0.1, 0.15) is 5.75 Å². The van der Waals surface area contributed by atoms with Gasteiger partial charge in [0.25, 0.3) is 0 Å². The second-order valence-electron chi connectivity index (χ2n) is 3.18. The largest absolute Gasteiger partial charge is 0.480 e. The van der Waals surface area contributed by atoms with Crippen molar-refractivity contribution in [1.82, 2.24) is 4.98 Å². The first-order valence-corrected chi connectivity index (χ1v) is 5.27. The molecule has 0 aromatic carbocycles. The molecule has 18 heavy (non-hydrogen) atoms. The van der Waals surface area contributed by atoms with E-state index in [4.69, 9.17) is 14.6 Å². The van der Waals surface area contributed by atoms with E-state index < -0.39 is 11.9 Å². The van der Waals surface area contributed by atoms with Gasteiger partial charge in [0.15, 0.2) is 6.61 Å². The summed E-state index contributed by atoms with van der Waals surface area (Å²) in [5, 5.41) is 8.43. The van der Waals surface area contributed by atoms with Crippen molar-refractivity contribution < 1.29 is 24.2 Å². The summed E-state index contributed by atoms with van der Waals surface area (Å²) >= 11 is 0. The second-order valence-corrected chi connectivity index (χ2v) is 3.18. The minimum atomic E-state index is -1.04. The number of aromatic nitrogens is 1. The Kier molecular flexibility index (Phi) is 5.37. The first-order valence-electron chi connectivity index (χ1n) is 5.27. The SMILES string of the molecule is CCOC(=O)COc1ccc(C=CC(=O)O)nc1. The lowest BCUT2D eigenvalue weighted by Gasteiger charge is -2.05. The lowest BCUT2D eigenvalue weighted by Crippen LogP contribution is -2.14. The maximum Gasteiger partial charge on any atom is 0.344 e. The van der Waals surface area contributed by atoms with Crippen LogP contribution in [0.3, 0.4) is 0 Å². The first-order chi connectivity index (χ1) is 8.61. The van der Waals surface area contributed by atoms with Crippen molar-refractivity contribution in [2.24, 2.45) is 0 Å². The van der Waals surface area contributed by atoms with Gasteiger partial charge in [0.2, 0.25) is 0 Å². The number of carbonyl (C=O) groups excluding carboxylic acids is 1. The normalized spacial score (nSPS) is 10.3. The molecule has 1 heterocycles. The molecule has 0 fully saturated rings. The Labute approximate surface area is 104 Å². The summed E-state index contributed by atoms with van der Waals surface area (Å²) in [4.78, 5) is 25.3. The molecule has 0 saturated carbocycles. The minimum absolute atomic E-state index is 0.181. The van der Waals surface area contributed by atoms with E-state index in [-0.39, 0.29) is 6.61 Å². The van der Waals surface area contributed by atoms with E-state index in [1.165, 1.54) is 12.3 Å². The molecule has 0 bridgehead atoms. The van der Waals surface area contributed by atoms with Gasteiger partial charge < -0.3 is 14.6 Å². The average molecular weight is 251 g/mol. The Morgan fingerprint density at radius 1 is 1.44 bits per heavy atom. The zero-order chi connectivity index (χ0) is 13.4. The number of carboxylic acid groups (broad SMARTS) is 1. The summed E-state index contributed by atoms with van der Waals surface area (Å²) in [7, 11) is 0. The van der Waals surface area contributed by atoms with E-state index in [2.05, 4.69) is 4.98 Å². The zero-order valence-corrected chi connectivity index (χ0v) is 9.83. The molecular weight excluding hydrogens is 238 g/mol. The number of pyridine rings is 1. The van der Waals surface area contributed by atoms with E-state index in [9.17, 15) is 9.59 Å². The Balaban J connectivity index is 2.50. The summed E-state index contributed by atoms with van der Waals surface area (Å²) in [5.74, 6) is -1.08. The molecular formula is C12H13NO5. The lowest BCUT2D eigenvalue weighted by molar-refractivity contribution is -0.145. The van der Waals surface area contributed by atoms with Crippen LogP contribution < -0.4 is 4.74 Å². The third kappa shape index (κ3) is 5.11. The molecule has 96 valence electrons. The molecule has 1 rings (SSSR count). The molecule has 1 aromatic rings. The van der Waals surface area contributed by atoms with Gasteiger partial charge in [-0.25, -0.2) is 9.59 Å². The molecule has 0 saturated heterocycles. The molecule has 1 aromatic heterocycles. The van der Waals surface area contributed by atoms with Crippen LogP contribution in [0.15, 0.2) is 24.4 Å². The molecule has 6 heteroatoms. The lowest BCUT2D eigenvalue weighted by atomic mass is 10.3. The summed E-state index contributed by atoms with van der Waals surface area (Å²) < 4.78 is 9.81. The van der Waals surface area contributed by atoms with Crippen molar-refractivity contribution in [1.29, 1.82) is 0 Å². The van der Waals surface area contributed by atoms with Gasteiger partial charge in [-0.2, -0.15) is 0 Å². The van der Waals surface area contributed by atoms with Crippen molar-refractivity contribution in [2.75, 3.05) is 13.2 Å². The van der Waals surface area contributed by atoms with Crippen LogP contribution in [0.4, 0.5) is 0 Å². The van der Waals surface area contributed by atoms with Crippen molar-refractivity contribution in [3.63, 3.8) is 0 Å². The van der Waals surface area contributed by atoms with Gasteiger partial charge >= 0.3 is 11.9 Å². The summed E-state index contributed by atoms with van der Waals surface area (Å²) in [6.45, 7) is 1.84. The monoisotopic (exact) mass is 251 g/mol. The zero-order valence-electron chi connectivity index (χ0n) is 9.83. The molecule has 0 radical (unpaired) electrons. The Morgan fingerprint density at radius 3 is 2.78 bits per heavy atom. The fraction of sp³-hybridized carbons (Fsp3) is 0.250. The maximum atomic E-state index is 11.0. The van der Waals surface area contributed by atoms with Crippen LogP contribution in [0.1, 0.15) is 12.6 Å². The number of nitrogens with zero attached hydrogens (tertiary/aromatic N) is 1. The molecule has 0 atom stereocenters. The third-order valence-electron chi connectivity index (χ3n) is 1.82. The molecule has 6 nitrogen and oxygen atoms in total. The van der Waals surface area contributed by atoms with Gasteiger partial charge in [0, 0.05) is 6.08 Å². The van der Waals surface area contributed by atoms with Gasteiger partial charge in [-0.1, -0.05) is 0 Å². The molecule has 1 N–H and O–H groups in total. The number of esters is 1. The number of hydrogen-bond acceptors (Lipinski definition) is 5. The summed E-state index contributed by atoms with van der Waals surface area (Å²) in [6.07, 6.45) is 3.75. The number of aliphatic carboxylic acids is 1. The highest BCUT2D eigenvalue weighted by molar-refractivity contribution is 5.84. The highest BCUT2D eigenvalue weighted by Gasteiger charge is 2.02. The van der Waals surface area contributed by atoms with Crippen molar-refractivity contribution in [3.05, 3.63) is 30.1 Å². The summed E-state index contributed by atoms with van der Waals surface area (Å²) in [5.41, 5.74) is 0.487. The van der Waals surface area contributed by atoms with Gasteiger partial charge in [-0.05, 0) is 25.1 Å². The number of ether oxygens (including phenoxy) is 2. The van der Waals surface area contributed by atoms with E-state index in [1.54, 1.807) is 19.1 Å². The van der Waals surface area contributed by atoms with Gasteiger partial charge in [-0.15, -0.1) is 0 Å². The average Bonchev–Trinajstić information content (AvgIpc) is 2.35. The Hall–Kier alpha value is -2.37. The fourth-order valence-electron chi connectivity index (χ4n) is 1.08. The van der Waals surface area contributed by atoms with E-state index in [0.29, 0.717) is 18.1 Å². The Bertz CT molecular complexity index is 438. The minimum Gasteiger partial charge on any atom is -0.480 e. The Morgan fingerprint density at radius 2 is 2.22 bits per heavy atom.